The molecule has 2 aromatic heterocycles. The second-order valence-corrected chi connectivity index (χ2v) is 5.53. The lowest BCUT2D eigenvalue weighted by atomic mass is 10.2. The maximum absolute atomic E-state index is 12.5. The number of imidazole rings is 1. The first-order chi connectivity index (χ1) is 11.3. The molecule has 112 valence electrons. The Morgan fingerprint density at radius 3 is 2.96 bits per heavy atom. The van der Waals surface area contributed by atoms with Gasteiger partial charge in [-0.3, -0.25) is 9.36 Å². The lowest BCUT2D eigenvalue weighted by Gasteiger charge is -2.09. The summed E-state index contributed by atoms with van der Waals surface area (Å²) >= 11 is 0. The molecular formula is C17H13N5O. The first-order valence-electron chi connectivity index (χ1n) is 7.41. The Kier molecular flexibility index (Phi) is 3.05. The zero-order chi connectivity index (χ0) is 15.8. The summed E-state index contributed by atoms with van der Waals surface area (Å²) in [5.41, 5.74) is 2.47. The van der Waals surface area contributed by atoms with Gasteiger partial charge >= 0.3 is 0 Å². The number of aromatic nitrogens is 3. The van der Waals surface area contributed by atoms with E-state index in [2.05, 4.69) is 21.4 Å². The minimum Gasteiger partial charge on any atom is -0.347 e. The van der Waals surface area contributed by atoms with Gasteiger partial charge in [0.1, 0.15) is 5.52 Å². The number of nitriles is 1. The summed E-state index contributed by atoms with van der Waals surface area (Å²) in [7, 11) is 0. The van der Waals surface area contributed by atoms with Crippen molar-refractivity contribution in [1.29, 1.82) is 5.26 Å². The van der Waals surface area contributed by atoms with E-state index >= 15 is 0 Å². The van der Waals surface area contributed by atoms with Gasteiger partial charge in [0.25, 0.3) is 5.91 Å². The molecule has 2 heterocycles. The number of nitrogens with one attached hydrogen (secondary N) is 1. The molecule has 6 heteroatoms. The minimum absolute atomic E-state index is 0.215. The highest BCUT2D eigenvalue weighted by atomic mass is 16.2. The van der Waals surface area contributed by atoms with Crippen LogP contribution in [0.3, 0.4) is 0 Å². The first-order valence-corrected chi connectivity index (χ1v) is 7.41. The van der Waals surface area contributed by atoms with Crippen LogP contribution in [0.15, 0.2) is 42.6 Å². The Hall–Kier alpha value is -3.20. The van der Waals surface area contributed by atoms with Gasteiger partial charge in [0.2, 0.25) is 5.82 Å². The normalized spacial score (nSPS) is 13.7. The number of hydrogen-bond donors (Lipinski definition) is 1. The first kappa shape index (κ1) is 13.5. The molecule has 0 radical (unpaired) electrons. The molecule has 1 aliphatic carbocycles. The third kappa shape index (κ3) is 2.42. The molecule has 0 unspecified atom stereocenters. The average molecular weight is 303 g/mol. The number of carbonyl (C=O) groups is 1. The van der Waals surface area contributed by atoms with Crippen LogP contribution in [0.1, 0.15) is 29.0 Å². The molecule has 1 aromatic carbocycles. The highest BCUT2D eigenvalue weighted by Gasteiger charge is 2.27. The Morgan fingerprint density at radius 1 is 1.30 bits per heavy atom. The summed E-state index contributed by atoms with van der Waals surface area (Å²) in [6.07, 6.45) is 3.68. The van der Waals surface area contributed by atoms with Crippen molar-refractivity contribution >= 4 is 17.1 Å². The molecule has 1 amide bonds. The molecule has 3 aromatic rings. The lowest BCUT2D eigenvalue weighted by molar-refractivity contribution is 0.0939. The fourth-order valence-electron chi connectivity index (χ4n) is 2.50. The molecule has 0 spiro atoms. The SMILES string of the molecule is N#Cc1cccc(-n2c(C(=O)NC3CC3)nc3cccnc32)c1. The number of fused-ring (bicyclic) bond motifs is 1. The fourth-order valence-corrected chi connectivity index (χ4v) is 2.50. The van der Waals surface area contributed by atoms with E-state index in [1.54, 1.807) is 35.0 Å². The molecule has 0 saturated heterocycles. The monoisotopic (exact) mass is 303 g/mol. The van der Waals surface area contributed by atoms with Crippen molar-refractivity contribution in [2.75, 3.05) is 0 Å². The third-order valence-electron chi connectivity index (χ3n) is 3.77. The number of nitrogens with zero attached hydrogens (tertiary/aromatic N) is 4. The van der Waals surface area contributed by atoms with Gasteiger partial charge in [0, 0.05) is 12.2 Å². The Bertz CT molecular complexity index is 949. The van der Waals surface area contributed by atoms with Crippen LogP contribution >= 0.6 is 0 Å². The van der Waals surface area contributed by atoms with Crippen molar-refractivity contribution < 1.29 is 4.79 Å². The summed E-state index contributed by atoms with van der Waals surface area (Å²) < 4.78 is 1.70. The molecular weight excluding hydrogens is 290 g/mol. The molecule has 1 aliphatic rings. The number of carbonyl (C=O) groups excluding carboxylic acids is 1. The molecule has 1 N–H and O–H groups in total. The van der Waals surface area contributed by atoms with Crippen molar-refractivity contribution in [1.82, 2.24) is 19.9 Å². The van der Waals surface area contributed by atoms with Gasteiger partial charge in [-0.1, -0.05) is 6.07 Å². The van der Waals surface area contributed by atoms with Gasteiger partial charge in [-0.15, -0.1) is 0 Å². The van der Waals surface area contributed by atoms with E-state index in [1.807, 2.05) is 12.1 Å². The minimum atomic E-state index is -0.215. The molecule has 1 saturated carbocycles. The molecule has 1 fully saturated rings. The van der Waals surface area contributed by atoms with Crippen LogP contribution in [0.4, 0.5) is 0 Å². The summed E-state index contributed by atoms with van der Waals surface area (Å²) in [5.74, 6) is 0.0774. The predicted octanol–water partition coefficient (Wildman–Crippen LogP) is 2.18. The Morgan fingerprint density at radius 2 is 2.17 bits per heavy atom. The van der Waals surface area contributed by atoms with Crippen LogP contribution in [0.25, 0.3) is 16.9 Å². The number of benzene rings is 1. The van der Waals surface area contributed by atoms with Crippen LogP contribution in [0.2, 0.25) is 0 Å². The summed E-state index contributed by atoms with van der Waals surface area (Å²) in [6.45, 7) is 0. The van der Waals surface area contributed by atoms with E-state index in [4.69, 9.17) is 5.26 Å². The number of hydrogen-bond acceptors (Lipinski definition) is 4. The van der Waals surface area contributed by atoms with E-state index < -0.39 is 0 Å². The van der Waals surface area contributed by atoms with Crippen molar-refractivity contribution in [2.45, 2.75) is 18.9 Å². The van der Waals surface area contributed by atoms with Crippen LogP contribution in [-0.4, -0.2) is 26.5 Å². The van der Waals surface area contributed by atoms with Crippen LogP contribution in [0.5, 0.6) is 0 Å². The Balaban J connectivity index is 1.91. The molecule has 0 bridgehead atoms. The van der Waals surface area contributed by atoms with Crippen molar-refractivity contribution in [3.8, 4) is 11.8 Å². The van der Waals surface area contributed by atoms with Gasteiger partial charge in [0.15, 0.2) is 5.65 Å². The zero-order valence-electron chi connectivity index (χ0n) is 12.2. The lowest BCUT2D eigenvalue weighted by Crippen LogP contribution is -2.28. The van der Waals surface area contributed by atoms with Gasteiger partial charge in [-0.2, -0.15) is 5.26 Å². The van der Waals surface area contributed by atoms with Gasteiger partial charge in [-0.25, -0.2) is 9.97 Å². The molecule has 0 aliphatic heterocycles. The van der Waals surface area contributed by atoms with Gasteiger partial charge in [-0.05, 0) is 43.2 Å². The Labute approximate surface area is 132 Å². The maximum atomic E-state index is 12.5. The second-order valence-electron chi connectivity index (χ2n) is 5.53. The number of amides is 1. The van der Waals surface area contributed by atoms with E-state index in [0.29, 0.717) is 28.2 Å². The summed E-state index contributed by atoms with van der Waals surface area (Å²) in [6, 6.07) is 13.0. The van der Waals surface area contributed by atoms with E-state index in [-0.39, 0.29) is 11.9 Å². The molecule has 23 heavy (non-hydrogen) atoms. The quantitative estimate of drug-likeness (QED) is 0.804. The van der Waals surface area contributed by atoms with Gasteiger partial charge in [0.05, 0.1) is 17.3 Å². The van der Waals surface area contributed by atoms with Gasteiger partial charge < -0.3 is 5.32 Å². The zero-order valence-corrected chi connectivity index (χ0v) is 12.2. The molecule has 4 rings (SSSR count). The molecule has 6 nitrogen and oxygen atoms in total. The van der Waals surface area contributed by atoms with Crippen molar-refractivity contribution in [3.63, 3.8) is 0 Å². The third-order valence-corrected chi connectivity index (χ3v) is 3.77. The predicted molar refractivity (Wildman–Crippen MR) is 84.1 cm³/mol. The van der Waals surface area contributed by atoms with Crippen LogP contribution < -0.4 is 5.32 Å². The van der Waals surface area contributed by atoms with Crippen LogP contribution in [-0.2, 0) is 0 Å². The highest BCUT2D eigenvalue weighted by Crippen LogP contribution is 2.23. The summed E-state index contributed by atoms with van der Waals surface area (Å²) in [4.78, 5) is 21.3. The molecule has 0 atom stereocenters. The smallest absolute Gasteiger partial charge is 0.287 e. The number of rotatable bonds is 3. The van der Waals surface area contributed by atoms with Crippen molar-refractivity contribution in [3.05, 3.63) is 54.0 Å². The summed E-state index contributed by atoms with van der Waals surface area (Å²) in [5, 5.41) is 12.1. The fraction of sp³-hybridized carbons (Fsp3) is 0.176. The highest BCUT2D eigenvalue weighted by molar-refractivity contribution is 5.95. The van der Waals surface area contributed by atoms with E-state index in [0.717, 1.165) is 12.8 Å². The average Bonchev–Trinajstić information content (AvgIpc) is 3.31. The second kappa shape index (κ2) is 5.21. The number of pyridine rings is 1. The largest absolute Gasteiger partial charge is 0.347 e. The topological polar surface area (TPSA) is 83.6 Å². The van der Waals surface area contributed by atoms with E-state index in [9.17, 15) is 4.79 Å². The maximum Gasteiger partial charge on any atom is 0.287 e. The van der Waals surface area contributed by atoms with E-state index in [1.165, 1.54) is 0 Å². The van der Waals surface area contributed by atoms with Crippen LogP contribution in [0, 0.1) is 11.3 Å². The van der Waals surface area contributed by atoms with Crippen molar-refractivity contribution in [2.24, 2.45) is 0 Å². The standard InChI is InChI=1S/C17H13N5O/c18-10-11-3-1-4-13(9-11)22-15-14(5-2-8-19-15)21-16(22)17(23)20-12-6-7-12/h1-5,8-9,12H,6-7H2,(H,20,23).